The number of hydrogen-bond donors (Lipinski definition) is 2. The summed E-state index contributed by atoms with van der Waals surface area (Å²) in [4.78, 5) is 23.5. The molecule has 0 heterocycles. The number of nitrogens with one attached hydrogen (secondary N) is 1. The van der Waals surface area contributed by atoms with E-state index in [1.165, 1.54) is 6.92 Å². The average molecular weight is 332 g/mol. The van der Waals surface area contributed by atoms with Crippen LogP contribution >= 0.6 is 0 Å². The van der Waals surface area contributed by atoms with Crippen LogP contribution in [0.2, 0.25) is 0 Å². The standard InChI is InChI=1S/C18H24N2O4/c1-12(24-15-8-6-5-7-13(15)11-19)16(21)20-14(17(22)23)9-10-18(2,3)4/h5-8,12,14H,9-10H2,1-4H3,(H,20,21)(H,22,23). The molecule has 1 rings (SSSR count). The van der Waals surface area contributed by atoms with Gasteiger partial charge in [-0.1, -0.05) is 32.9 Å². The Kier molecular flexibility index (Phi) is 6.78. The molecule has 6 heteroatoms. The molecule has 0 bridgehead atoms. The van der Waals surface area contributed by atoms with Crippen LogP contribution in [0.1, 0.15) is 46.1 Å². The smallest absolute Gasteiger partial charge is 0.326 e. The molecule has 1 amide bonds. The lowest BCUT2D eigenvalue weighted by molar-refractivity contribution is -0.143. The number of benzene rings is 1. The first kappa shape index (κ1) is 19.5. The Morgan fingerprint density at radius 1 is 1.33 bits per heavy atom. The zero-order valence-electron chi connectivity index (χ0n) is 14.5. The molecule has 2 unspecified atom stereocenters. The summed E-state index contributed by atoms with van der Waals surface area (Å²) in [7, 11) is 0. The van der Waals surface area contributed by atoms with Gasteiger partial charge in [-0.15, -0.1) is 0 Å². The Labute approximate surface area is 142 Å². The van der Waals surface area contributed by atoms with Gasteiger partial charge in [0.05, 0.1) is 5.56 Å². The Morgan fingerprint density at radius 3 is 2.50 bits per heavy atom. The number of nitriles is 1. The number of carbonyl (C=O) groups is 2. The first-order valence-corrected chi connectivity index (χ1v) is 7.83. The SMILES string of the molecule is CC(Oc1ccccc1C#N)C(=O)NC(CCC(C)(C)C)C(=O)O. The minimum atomic E-state index is -1.07. The van der Waals surface area contributed by atoms with Gasteiger partial charge in [-0.2, -0.15) is 5.26 Å². The van der Waals surface area contributed by atoms with Crippen molar-refractivity contribution in [3.8, 4) is 11.8 Å². The number of hydrogen-bond acceptors (Lipinski definition) is 4. The molecule has 1 aromatic carbocycles. The Balaban J connectivity index is 2.70. The monoisotopic (exact) mass is 332 g/mol. The van der Waals surface area contributed by atoms with Gasteiger partial charge in [0.2, 0.25) is 0 Å². The number of aliphatic carboxylic acids is 1. The van der Waals surface area contributed by atoms with Gasteiger partial charge in [-0.25, -0.2) is 4.79 Å². The van der Waals surface area contributed by atoms with Crippen molar-refractivity contribution < 1.29 is 19.4 Å². The maximum Gasteiger partial charge on any atom is 0.326 e. The van der Waals surface area contributed by atoms with Crippen molar-refractivity contribution in [1.29, 1.82) is 5.26 Å². The van der Waals surface area contributed by atoms with E-state index in [0.717, 1.165) is 0 Å². The van der Waals surface area contributed by atoms with E-state index in [4.69, 9.17) is 10.00 Å². The molecular formula is C18H24N2O4. The summed E-state index contributed by atoms with van der Waals surface area (Å²) in [6, 6.07) is 7.60. The lowest BCUT2D eigenvalue weighted by Crippen LogP contribution is -2.46. The fourth-order valence-electron chi connectivity index (χ4n) is 2.03. The highest BCUT2D eigenvalue weighted by atomic mass is 16.5. The largest absolute Gasteiger partial charge is 0.480 e. The van der Waals surface area contributed by atoms with Crippen LogP contribution in [0.15, 0.2) is 24.3 Å². The number of amides is 1. The number of carboxylic acids is 1. The molecule has 0 aliphatic rings. The maximum absolute atomic E-state index is 12.2. The molecule has 1 aromatic rings. The predicted molar refractivity (Wildman–Crippen MR) is 89.5 cm³/mol. The molecule has 0 radical (unpaired) electrons. The number of carbonyl (C=O) groups excluding carboxylic acids is 1. The Bertz CT molecular complexity index is 629. The average Bonchev–Trinajstić information content (AvgIpc) is 2.50. The highest BCUT2D eigenvalue weighted by molar-refractivity contribution is 5.86. The van der Waals surface area contributed by atoms with Gasteiger partial charge in [0.1, 0.15) is 17.9 Å². The lowest BCUT2D eigenvalue weighted by atomic mass is 9.88. The minimum absolute atomic E-state index is 0.0215. The van der Waals surface area contributed by atoms with Crippen LogP contribution in [0, 0.1) is 16.7 Å². The first-order chi connectivity index (χ1) is 11.1. The molecule has 0 saturated heterocycles. The quantitative estimate of drug-likeness (QED) is 0.800. The highest BCUT2D eigenvalue weighted by Gasteiger charge is 2.25. The van der Waals surface area contributed by atoms with Crippen LogP contribution in [-0.2, 0) is 9.59 Å². The third kappa shape index (κ3) is 6.29. The van der Waals surface area contributed by atoms with Gasteiger partial charge >= 0.3 is 5.97 Å². The van der Waals surface area contributed by atoms with Crippen LogP contribution in [0.5, 0.6) is 5.75 Å². The van der Waals surface area contributed by atoms with E-state index >= 15 is 0 Å². The van der Waals surface area contributed by atoms with Crippen molar-refractivity contribution in [1.82, 2.24) is 5.32 Å². The van der Waals surface area contributed by atoms with E-state index in [2.05, 4.69) is 5.32 Å². The van der Waals surface area contributed by atoms with E-state index in [1.807, 2.05) is 26.8 Å². The van der Waals surface area contributed by atoms with Crippen molar-refractivity contribution in [2.75, 3.05) is 0 Å². The van der Waals surface area contributed by atoms with Crippen LogP contribution in [0.25, 0.3) is 0 Å². The van der Waals surface area contributed by atoms with Crippen molar-refractivity contribution in [2.45, 2.75) is 52.7 Å². The van der Waals surface area contributed by atoms with Gasteiger partial charge in [-0.3, -0.25) is 4.79 Å². The van der Waals surface area contributed by atoms with Crippen molar-refractivity contribution in [3.63, 3.8) is 0 Å². The fourth-order valence-corrected chi connectivity index (χ4v) is 2.03. The van der Waals surface area contributed by atoms with Gasteiger partial charge in [0.15, 0.2) is 6.10 Å². The summed E-state index contributed by atoms with van der Waals surface area (Å²) >= 11 is 0. The first-order valence-electron chi connectivity index (χ1n) is 7.83. The summed E-state index contributed by atoms with van der Waals surface area (Å²) in [5, 5.41) is 20.8. The van der Waals surface area contributed by atoms with Gasteiger partial charge in [0, 0.05) is 0 Å². The minimum Gasteiger partial charge on any atom is -0.480 e. The van der Waals surface area contributed by atoms with E-state index in [-0.39, 0.29) is 5.41 Å². The Morgan fingerprint density at radius 2 is 1.96 bits per heavy atom. The van der Waals surface area contributed by atoms with Crippen LogP contribution < -0.4 is 10.1 Å². The molecule has 0 aliphatic carbocycles. The molecule has 0 fully saturated rings. The Hall–Kier alpha value is -2.55. The molecule has 2 atom stereocenters. The molecule has 0 spiro atoms. The molecule has 0 saturated carbocycles. The maximum atomic E-state index is 12.2. The summed E-state index contributed by atoms with van der Waals surface area (Å²) in [6.07, 6.45) is 0.0963. The predicted octanol–water partition coefficient (Wildman–Crippen LogP) is 2.72. The zero-order valence-corrected chi connectivity index (χ0v) is 14.5. The molecule has 0 aliphatic heterocycles. The van der Waals surface area contributed by atoms with E-state index in [9.17, 15) is 14.7 Å². The normalized spacial score (nSPS) is 13.5. The molecular weight excluding hydrogens is 308 g/mol. The van der Waals surface area contributed by atoms with Crippen LogP contribution in [-0.4, -0.2) is 29.1 Å². The van der Waals surface area contributed by atoms with E-state index < -0.39 is 24.0 Å². The number of rotatable bonds is 7. The molecule has 6 nitrogen and oxygen atoms in total. The number of ether oxygens (including phenoxy) is 1. The molecule has 0 aromatic heterocycles. The van der Waals surface area contributed by atoms with Crippen LogP contribution in [0.4, 0.5) is 0 Å². The van der Waals surface area contributed by atoms with Crippen LogP contribution in [0.3, 0.4) is 0 Å². The summed E-state index contributed by atoms with van der Waals surface area (Å²) in [5.41, 5.74) is 0.298. The molecule has 24 heavy (non-hydrogen) atoms. The van der Waals surface area contributed by atoms with Gasteiger partial charge in [0.25, 0.3) is 5.91 Å². The van der Waals surface area contributed by atoms with Crippen molar-refractivity contribution in [2.24, 2.45) is 5.41 Å². The molecule has 130 valence electrons. The highest BCUT2D eigenvalue weighted by Crippen LogP contribution is 2.22. The fraction of sp³-hybridized carbons (Fsp3) is 0.500. The van der Waals surface area contributed by atoms with E-state index in [1.54, 1.807) is 24.3 Å². The second-order valence-corrected chi connectivity index (χ2v) is 6.87. The summed E-state index contributed by atoms with van der Waals surface area (Å²) in [6.45, 7) is 7.56. The second-order valence-electron chi connectivity index (χ2n) is 6.87. The van der Waals surface area contributed by atoms with Gasteiger partial charge in [-0.05, 0) is 37.3 Å². The lowest BCUT2D eigenvalue weighted by Gasteiger charge is -2.23. The number of nitrogens with zero attached hydrogens (tertiary/aromatic N) is 1. The molecule has 2 N–H and O–H groups in total. The second kappa shape index (κ2) is 8.34. The third-order valence-corrected chi connectivity index (χ3v) is 3.48. The topological polar surface area (TPSA) is 99.4 Å². The van der Waals surface area contributed by atoms with Crippen molar-refractivity contribution in [3.05, 3.63) is 29.8 Å². The number of carboxylic acid groups (broad SMARTS) is 1. The zero-order chi connectivity index (χ0) is 18.3. The van der Waals surface area contributed by atoms with Crippen molar-refractivity contribution >= 4 is 11.9 Å². The van der Waals surface area contributed by atoms with E-state index in [0.29, 0.717) is 24.2 Å². The summed E-state index contributed by atoms with van der Waals surface area (Å²) < 4.78 is 5.50. The summed E-state index contributed by atoms with van der Waals surface area (Å²) in [5.74, 6) is -1.30. The van der Waals surface area contributed by atoms with Gasteiger partial charge < -0.3 is 15.2 Å². The number of para-hydroxylation sites is 1. The third-order valence-electron chi connectivity index (χ3n) is 3.48.